The van der Waals surface area contributed by atoms with Crippen molar-refractivity contribution in [3.8, 4) is 0 Å². The average Bonchev–Trinajstić information content (AvgIpc) is 2.97. The lowest BCUT2D eigenvalue weighted by atomic mass is 9.97. The summed E-state index contributed by atoms with van der Waals surface area (Å²) in [5.74, 6) is 0. The summed E-state index contributed by atoms with van der Waals surface area (Å²) >= 11 is 1.74. The number of aromatic nitrogens is 1. The molecule has 0 saturated heterocycles. The third kappa shape index (κ3) is 2.44. The Morgan fingerprint density at radius 3 is 2.81 bits per heavy atom. The summed E-state index contributed by atoms with van der Waals surface area (Å²) in [4.78, 5) is 4.63. The van der Waals surface area contributed by atoms with Crippen LogP contribution in [0.3, 0.4) is 0 Å². The first-order valence-electron chi connectivity index (χ1n) is 5.89. The van der Waals surface area contributed by atoms with Crippen molar-refractivity contribution >= 4 is 11.3 Å². The highest BCUT2D eigenvalue weighted by molar-refractivity contribution is 7.09. The lowest BCUT2D eigenvalue weighted by Crippen LogP contribution is -2.46. The van der Waals surface area contributed by atoms with Crippen LogP contribution in [0.1, 0.15) is 36.9 Å². The van der Waals surface area contributed by atoms with Crippen LogP contribution in [0.5, 0.6) is 0 Å². The van der Waals surface area contributed by atoms with Crippen LogP contribution >= 0.6 is 11.3 Å². The minimum Gasteiger partial charge on any atom is -0.382 e. The standard InChI is InChI=1S/C12H20N2OS/c1-4-12(8-15-3,14-10-5-6-10)11-13-9(2)7-16-11/h7,10,14H,4-6,8H2,1-3H3. The van der Waals surface area contributed by atoms with Gasteiger partial charge in [-0.3, -0.25) is 0 Å². The van der Waals surface area contributed by atoms with Gasteiger partial charge in [-0.25, -0.2) is 4.98 Å². The molecule has 0 spiro atoms. The first-order valence-corrected chi connectivity index (χ1v) is 6.77. The van der Waals surface area contributed by atoms with Crippen LogP contribution in [-0.2, 0) is 10.3 Å². The van der Waals surface area contributed by atoms with E-state index in [0.29, 0.717) is 12.6 Å². The lowest BCUT2D eigenvalue weighted by Gasteiger charge is -2.31. The molecule has 3 nitrogen and oxygen atoms in total. The normalized spacial score (nSPS) is 19.7. The predicted octanol–water partition coefficient (Wildman–Crippen LogP) is 2.46. The Bertz CT molecular complexity index is 349. The minimum atomic E-state index is -0.0746. The van der Waals surface area contributed by atoms with Crippen molar-refractivity contribution in [3.05, 3.63) is 16.1 Å². The predicted molar refractivity (Wildman–Crippen MR) is 66.9 cm³/mol. The second-order valence-electron chi connectivity index (χ2n) is 4.58. The van der Waals surface area contributed by atoms with E-state index in [1.54, 1.807) is 18.4 Å². The zero-order chi connectivity index (χ0) is 11.6. The van der Waals surface area contributed by atoms with Crippen LogP contribution in [0.4, 0.5) is 0 Å². The van der Waals surface area contributed by atoms with Crippen LogP contribution in [0.25, 0.3) is 0 Å². The van der Waals surface area contributed by atoms with E-state index >= 15 is 0 Å². The summed E-state index contributed by atoms with van der Waals surface area (Å²) < 4.78 is 5.39. The number of ether oxygens (including phenoxy) is 1. The smallest absolute Gasteiger partial charge is 0.115 e. The fraction of sp³-hybridized carbons (Fsp3) is 0.750. The van der Waals surface area contributed by atoms with Crippen LogP contribution in [-0.4, -0.2) is 24.7 Å². The molecular formula is C12H20N2OS. The van der Waals surface area contributed by atoms with Gasteiger partial charge in [0.2, 0.25) is 0 Å². The molecule has 1 aliphatic rings. The summed E-state index contributed by atoms with van der Waals surface area (Å²) in [6.07, 6.45) is 3.59. The lowest BCUT2D eigenvalue weighted by molar-refractivity contribution is 0.103. The maximum Gasteiger partial charge on any atom is 0.115 e. The Hall–Kier alpha value is -0.450. The molecule has 1 heterocycles. The Morgan fingerprint density at radius 1 is 1.62 bits per heavy atom. The molecule has 4 heteroatoms. The van der Waals surface area contributed by atoms with E-state index in [1.807, 2.05) is 6.92 Å². The first-order chi connectivity index (χ1) is 7.70. The molecule has 0 amide bonds. The molecule has 1 unspecified atom stereocenters. The quantitative estimate of drug-likeness (QED) is 0.829. The molecular weight excluding hydrogens is 220 g/mol. The van der Waals surface area contributed by atoms with Crippen molar-refractivity contribution in [1.82, 2.24) is 10.3 Å². The highest BCUT2D eigenvalue weighted by Crippen LogP contribution is 2.33. The Kier molecular flexibility index (Phi) is 3.62. The van der Waals surface area contributed by atoms with Crippen molar-refractivity contribution in [2.24, 2.45) is 0 Å². The molecule has 2 rings (SSSR count). The van der Waals surface area contributed by atoms with E-state index in [0.717, 1.165) is 12.1 Å². The molecule has 0 aromatic carbocycles. The van der Waals surface area contributed by atoms with E-state index in [-0.39, 0.29) is 5.54 Å². The number of rotatable bonds is 6. The maximum atomic E-state index is 5.39. The van der Waals surface area contributed by atoms with Crippen LogP contribution in [0.2, 0.25) is 0 Å². The fourth-order valence-corrected chi connectivity index (χ4v) is 2.98. The van der Waals surface area contributed by atoms with Crippen LogP contribution < -0.4 is 5.32 Å². The number of nitrogens with one attached hydrogen (secondary N) is 1. The number of methoxy groups -OCH3 is 1. The summed E-state index contributed by atoms with van der Waals surface area (Å²) in [6.45, 7) is 4.95. The van der Waals surface area contributed by atoms with Gasteiger partial charge in [0.15, 0.2) is 0 Å². The van der Waals surface area contributed by atoms with E-state index in [4.69, 9.17) is 4.74 Å². The summed E-state index contributed by atoms with van der Waals surface area (Å²) in [5.41, 5.74) is 1.03. The molecule has 0 bridgehead atoms. The van der Waals surface area contributed by atoms with Gasteiger partial charge in [-0.1, -0.05) is 6.92 Å². The van der Waals surface area contributed by atoms with E-state index < -0.39 is 0 Å². The zero-order valence-corrected chi connectivity index (χ0v) is 11.1. The summed E-state index contributed by atoms with van der Waals surface area (Å²) in [6, 6.07) is 0.666. The second kappa shape index (κ2) is 4.82. The highest BCUT2D eigenvalue weighted by Gasteiger charge is 2.38. The van der Waals surface area contributed by atoms with Crippen molar-refractivity contribution < 1.29 is 4.74 Å². The van der Waals surface area contributed by atoms with E-state index in [2.05, 4.69) is 22.6 Å². The number of aryl methyl sites for hydroxylation is 1. The molecule has 1 atom stereocenters. The van der Waals surface area contributed by atoms with Crippen molar-refractivity contribution in [2.75, 3.05) is 13.7 Å². The topological polar surface area (TPSA) is 34.1 Å². The van der Waals surface area contributed by atoms with Gasteiger partial charge in [0, 0.05) is 24.2 Å². The molecule has 0 aliphatic heterocycles. The third-order valence-corrected chi connectivity index (χ3v) is 4.24. The molecule has 0 radical (unpaired) electrons. The maximum absolute atomic E-state index is 5.39. The van der Waals surface area contributed by atoms with Gasteiger partial charge in [-0.15, -0.1) is 11.3 Å². The molecule has 1 aromatic rings. The molecule has 1 fully saturated rings. The molecule has 90 valence electrons. The Balaban J connectivity index is 2.22. The van der Waals surface area contributed by atoms with Crippen LogP contribution in [0.15, 0.2) is 5.38 Å². The van der Waals surface area contributed by atoms with Crippen molar-refractivity contribution in [3.63, 3.8) is 0 Å². The van der Waals surface area contributed by atoms with Gasteiger partial charge >= 0.3 is 0 Å². The third-order valence-electron chi connectivity index (χ3n) is 3.08. The highest BCUT2D eigenvalue weighted by atomic mass is 32.1. The van der Waals surface area contributed by atoms with Crippen LogP contribution in [0, 0.1) is 6.92 Å². The van der Waals surface area contributed by atoms with E-state index in [9.17, 15) is 0 Å². The molecule has 16 heavy (non-hydrogen) atoms. The van der Waals surface area contributed by atoms with Gasteiger partial charge in [-0.2, -0.15) is 0 Å². The second-order valence-corrected chi connectivity index (χ2v) is 5.44. The molecule has 1 aromatic heterocycles. The first kappa shape index (κ1) is 12.0. The monoisotopic (exact) mass is 240 g/mol. The van der Waals surface area contributed by atoms with E-state index in [1.165, 1.54) is 17.8 Å². The minimum absolute atomic E-state index is 0.0746. The number of thiazole rings is 1. The SMILES string of the molecule is CCC(COC)(NC1CC1)c1nc(C)cs1. The van der Waals surface area contributed by atoms with Crippen molar-refractivity contribution in [2.45, 2.75) is 44.7 Å². The fourth-order valence-electron chi connectivity index (χ4n) is 1.96. The summed E-state index contributed by atoms with van der Waals surface area (Å²) in [7, 11) is 1.76. The van der Waals surface area contributed by atoms with Crippen molar-refractivity contribution in [1.29, 1.82) is 0 Å². The average molecular weight is 240 g/mol. The van der Waals surface area contributed by atoms with Gasteiger partial charge < -0.3 is 10.1 Å². The van der Waals surface area contributed by atoms with Gasteiger partial charge in [0.05, 0.1) is 12.1 Å². The molecule has 1 saturated carbocycles. The largest absolute Gasteiger partial charge is 0.382 e. The Morgan fingerprint density at radius 2 is 2.38 bits per heavy atom. The Labute approximate surface area is 101 Å². The van der Waals surface area contributed by atoms with Gasteiger partial charge in [0.25, 0.3) is 0 Å². The molecule has 1 N–H and O–H groups in total. The number of hydrogen-bond acceptors (Lipinski definition) is 4. The number of nitrogens with zero attached hydrogens (tertiary/aromatic N) is 1. The molecule has 1 aliphatic carbocycles. The zero-order valence-electron chi connectivity index (χ0n) is 10.2. The summed E-state index contributed by atoms with van der Waals surface area (Å²) in [5, 5.41) is 6.99. The van der Waals surface area contributed by atoms with Gasteiger partial charge in [0.1, 0.15) is 5.01 Å². The van der Waals surface area contributed by atoms with Gasteiger partial charge in [-0.05, 0) is 26.2 Å². The number of hydrogen-bond donors (Lipinski definition) is 1.